The molecule has 0 aliphatic heterocycles. The van der Waals surface area contributed by atoms with Crippen LogP contribution in [0.4, 0.5) is 0 Å². The van der Waals surface area contributed by atoms with Crippen molar-refractivity contribution in [2.75, 3.05) is 13.7 Å². The molecule has 0 fully saturated rings. The highest BCUT2D eigenvalue weighted by atomic mass is 16.6. The summed E-state index contributed by atoms with van der Waals surface area (Å²) in [6.45, 7) is 31.7. The Balaban J connectivity index is 0.000000258. The van der Waals surface area contributed by atoms with E-state index in [1.165, 1.54) is 27.5 Å². The molecule has 5 heterocycles. The van der Waals surface area contributed by atoms with E-state index in [2.05, 4.69) is 29.7 Å². The number of hydrogen-bond donors (Lipinski definition) is 15. The van der Waals surface area contributed by atoms with Gasteiger partial charge in [-0.1, -0.05) is 41.5 Å². The third kappa shape index (κ3) is 26.8. The monoisotopic (exact) mass is 1870 g/mol. The number of aryl methyl sites for hydroxylation is 10. The smallest absolute Gasteiger partial charge is 0.362 e. The van der Waals surface area contributed by atoms with Gasteiger partial charge >= 0.3 is 35.8 Å². The number of nitrogens with two attached hydrogens (primary N) is 1. The first-order valence-electron chi connectivity index (χ1n) is 43.3. The number of fused-ring (bicyclic) bond motifs is 5. The van der Waals surface area contributed by atoms with Crippen LogP contribution in [0.3, 0.4) is 0 Å². The van der Waals surface area contributed by atoms with Gasteiger partial charge in [0.05, 0.1) is 126 Å². The molecule has 730 valence electrons. The van der Waals surface area contributed by atoms with Crippen LogP contribution in [-0.4, -0.2) is 260 Å². The number of primary amides is 1. The molecule has 15 unspecified atom stereocenters. The van der Waals surface area contributed by atoms with Crippen molar-refractivity contribution in [1.82, 2.24) is 47.8 Å². The fourth-order valence-electron chi connectivity index (χ4n) is 14.3. The summed E-state index contributed by atoms with van der Waals surface area (Å²) in [5, 5.41) is 138. The molecule has 10 rings (SSSR count). The molecule has 1 amide bonds. The van der Waals surface area contributed by atoms with Gasteiger partial charge in [-0.15, -0.1) is 0 Å². The zero-order valence-electron chi connectivity index (χ0n) is 78.6. The molecule has 0 saturated carbocycles. The van der Waals surface area contributed by atoms with Crippen LogP contribution in [-0.2, 0) is 61.3 Å². The number of benzene rings is 5. The zero-order valence-corrected chi connectivity index (χ0v) is 78.6. The Kier molecular flexibility index (Phi) is 39.9. The Morgan fingerprint density at radius 2 is 0.552 bits per heavy atom. The van der Waals surface area contributed by atoms with Crippen LogP contribution in [0.25, 0.3) is 55.2 Å². The van der Waals surface area contributed by atoms with Gasteiger partial charge in [-0.2, -0.15) is 0 Å². The SMILES string of the molecule is CCC(O)C(O)C(O)Cn1c(=O)c(C(=O)O)nc2cc(C)c(C)cc21.CCC(O)C(O)C(O)Cn1c(=O)c(C(=O)OC)nc2cc(C)c(C)cc21.CCC(O)C(O)C(O)Cn1c(=O)c(C(N)=O)nc2cc(C)c(C)cc21.CCC(OC(C)=O)C(C)C(Cn1c(=O)c(C(=O)O)nc2cc(C)c(C)cc21)OC(C)=O.CCOC(=O)c1nc2cc(C)c(C)cc2n(CC(O)C(O)C(O)CC)c1=O. The number of aromatic carboxylic acids is 2. The Morgan fingerprint density at radius 3 is 0.784 bits per heavy atom. The van der Waals surface area contributed by atoms with Crippen molar-refractivity contribution in [2.24, 2.45) is 11.7 Å². The predicted molar refractivity (Wildman–Crippen MR) is 491 cm³/mol. The number of carbonyl (C=O) groups is 7. The normalized spacial score (nSPS) is 14.7. The first-order chi connectivity index (χ1) is 62.7. The van der Waals surface area contributed by atoms with E-state index in [1.54, 1.807) is 102 Å². The Bertz CT molecular complexity index is 6160. The van der Waals surface area contributed by atoms with E-state index in [1.807, 2.05) is 76.2 Å². The average molecular weight is 1880 g/mol. The topological polar surface area (TPSA) is 640 Å². The molecule has 134 heavy (non-hydrogen) atoms. The molecule has 10 aromatic rings. The summed E-state index contributed by atoms with van der Waals surface area (Å²) in [7, 11) is 1.15. The van der Waals surface area contributed by atoms with Crippen molar-refractivity contribution >= 4 is 96.9 Å². The number of aromatic nitrogens is 10. The van der Waals surface area contributed by atoms with E-state index < -0.39 is 184 Å². The van der Waals surface area contributed by atoms with E-state index >= 15 is 0 Å². The van der Waals surface area contributed by atoms with Crippen molar-refractivity contribution < 1.29 is 124 Å². The number of aliphatic hydroxyl groups excluding tert-OH is 12. The number of aliphatic hydroxyl groups is 12. The van der Waals surface area contributed by atoms with Crippen molar-refractivity contribution in [3.63, 3.8) is 0 Å². The van der Waals surface area contributed by atoms with Gasteiger partial charge in [0.25, 0.3) is 33.7 Å². The van der Waals surface area contributed by atoms with E-state index in [-0.39, 0.29) is 70.7 Å². The fourth-order valence-corrected chi connectivity index (χ4v) is 14.3. The highest BCUT2D eigenvalue weighted by Gasteiger charge is 2.35. The van der Waals surface area contributed by atoms with Crippen LogP contribution < -0.4 is 33.5 Å². The lowest BCUT2D eigenvalue weighted by molar-refractivity contribution is -0.159. The maximum absolute atomic E-state index is 13.0. The number of carbonyl (C=O) groups excluding carboxylic acids is 5. The quantitative estimate of drug-likeness (QED) is 0.0207. The van der Waals surface area contributed by atoms with Gasteiger partial charge in [-0.25, -0.2) is 44.1 Å². The molecule has 0 radical (unpaired) electrons. The lowest BCUT2D eigenvalue weighted by Crippen LogP contribution is -2.42. The summed E-state index contributed by atoms with van der Waals surface area (Å²) in [6, 6.07) is 17.2. The molecular weight excluding hydrogens is 1750 g/mol. The van der Waals surface area contributed by atoms with Gasteiger partial charge in [0, 0.05) is 19.8 Å². The summed E-state index contributed by atoms with van der Waals surface area (Å²) in [5.41, 5.74) is 11.8. The molecule has 16 N–H and O–H groups in total. The van der Waals surface area contributed by atoms with Crippen LogP contribution in [0.2, 0.25) is 0 Å². The van der Waals surface area contributed by atoms with Crippen LogP contribution in [0, 0.1) is 75.2 Å². The van der Waals surface area contributed by atoms with Gasteiger partial charge in [0.15, 0.2) is 5.69 Å². The number of ether oxygens (including phenoxy) is 4. The number of carboxylic acid groups (broad SMARTS) is 2. The molecule has 0 saturated heterocycles. The third-order valence-corrected chi connectivity index (χ3v) is 23.2. The van der Waals surface area contributed by atoms with Crippen molar-refractivity contribution in [2.45, 2.75) is 282 Å². The lowest BCUT2D eigenvalue weighted by atomic mass is 9.95. The van der Waals surface area contributed by atoms with Gasteiger partial charge in [0.1, 0.15) is 61.0 Å². The van der Waals surface area contributed by atoms with E-state index in [4.69, 9.17) is 19.9 Å². The largest absolute Gasteiger partial charge is 0.476 e. The molecule has 5 aromatic heterocycles. The lowest BCUT2D eigenvalue weighted by Gasteiger charge is -2.30. The first-order valence-corrected chi connectivity index (χ1v) is 43.3. The molecule has 41 heteroatoms. The minimum absolute atomic E-state index is 0.0922. The zero-order chi connectivity index (χ0) is 101. The second kappa shape index (κ2) is 48.5. The maximum atomic E-state index is 13.0. The summed E-state index contributed by atoms with van der Waals surface area (Å²) in [4.78, 5) is 166. The molecule has 15 atom stereocenters. The predicted octanol–water partition coefficient (Wildman–Crippen LogP) is 3.41. The Hall–Kier alpha value is -12.4. The van der Waals surface area contributed by atoms with Crippen LogP contribution >= 0.6 is 0 Å². The molecule has 0 bridgehead atoms. The van der Waals surface area contributed by atoms with Gasteiger partial charge in [0.2, 0.25) is 22.8 Å². The van der Waals surface area contributed by atoms with E-state index in [9.17, 15) is 129 Å². The average Bonchev–Trinajstić information content (AvgIpc) is 0.786. The summed E-state index contributed by atoms with van der Waals surface area (Å²) in [6.07, 6.45) is -15.9. The van der Waals surface area contributed by atoms with E-state index in [0.29, 0.717) is 61.6 Å². The summed E-state index contributed by atoms with van der Waals surface area (Å²) < 4.78 is 26.2. The fraction of sp³-hybridized carbons (Fsp3) is 0.495. The van der Waals surface area contributed by atoms with E-state index in [0.717, 1.165) is 71.9 Å². The maximum Gasteiger partial charge on any atom is 0.362 e. The Morgan fingerprint density at radius 1 is 0.328 bits per heavy atom. The number of methoxy groups -OCH3 is 1. The first kappa shape index (κ1) is 110. The minimum Gasteiger partial charge on any atom is -0.476 e. The standard InChI is InChI=1S/C22H28N2O7.C19H26N2O6.C18H24N2O6.C17H23N3O5.C17H22N2O6/c1-7-18(30-14(5)25)13(4)19(31-15(6)26)10-24-17-9-12(3)11(2)8-16(17)23-20(21(24)27)22(28)29;1-5-14(22)17(24)15(23)9-21-13-8-11(4)10(3)7-12(13)20-16(18(21)25)19(26)27-6-2;1-5-13(21)16(23)14(22)8-20-12-7-10(3)9(2)6-11(12)19-15(17(20)24)18(25)26-4;1-4-12(21)15(23)13(22)7-20-11-6-9(3)8(2)5-10(11)19-14(16(18)24)17(20)25;1-4-12(20)15(22)13(21)7-19-11-6-9(3)8(2)5-10(11)18-14(16(19)23)17(24)25/h8-9,13,18-19H,7,10H2,1-6H3,(H,28,29);7-8,14-15,17,22-24H,5-6,9H2,1-4H3;6-7,13-14,16,21-23H,5,8H2,1-4H3;5-6,12-13,15,21-23H,4,7H2,1-3H3,(H2,18,24);5-6,12-13,15,20-22H,4,7H2,1-3H3,(H,24,25). The number of rotatable bonds is 33. The number of nitrogens with zero attached hydrogens (tertiary/aromatic N) is 10. The number of hydrogen-bond acceptors (Lipinski definition) is 33. The molecular formula is C93H123N11O30. The molecule has 0 spiro atoms. The van der Waals surface area contributed by atoms with Crippen LogP contribution in [0.5, 0.6) is 0 Å². The number of esters is 4. The Labute approximate surface area is 769 Å². The van der Waals surface area contributed by atoms with Gasteiger partial charge < -0.3 is 119 Å². The van der Waals surface area contributed by atoms with Crippen LogP contribution in [0.15, 0.2) is 84.6 Å². The van der Waals surface area contributed by atoms with Crippen molar-refractivity contribution in [3.8, 4) is 0 Å². The number of amides is 1. The second-order valence-corrected chi connectivity index (χ2v) is 32.9. The molecule has 0 aliphatic rings. The molecule has 41 nitrogen and oxygen atoms in total. The van der Waals surface area contributed by atoms with Gasteiger partial charge in [-0.3, -0.25) is 38.4 Å². The van der Waals surface area contributed by atoms with Crippen molar-refractivity contribution in [1.29, 1.82) is 0 Å². The minimum atomic E-state index is -1.47. The highest BCUT2D eigenvalue weighted by molar-refractivity contribution is 5.94. The van der Waals surface area contributed by atoms with Crippen molar-refractivity contribution in [3.05, 3.63) is 197 Å². The van der Waals surface area contributed by atoms with Crippen LogP contribution in [0.1, 0.15) is 202 Å². The highest BCUT2D eigenvalue weighted by Crippen LogP contribution is 2.28. The second-order valence-electron chi connectivity index (χ2n) is 32.9. The summed E-state index contributed by atoms with van der Waals surface area (Å²) in [5.74, 6) is -7.09. The third-order valence-electron chi connectivity index (χ3n) is 23.2. The molecule has 0 aliphatic carbocycles. The number of carboxylic acids is 2. The molecule has 5 aromatic carbocycles. The summed E-state index contributed by atoms with van der Waals surface area (Å²) >= 11 is 0. The van der Waals surface area contributed by atoms with Gasteiger partial charge in [-0.05, 0) is 225 Å².